The van der Waals surface area contributed by atoms with Gasteiger partial charge in [0.2, 0.25) is 0 Å². The largest absolute Gasteiger partial charge is 0.402 e. The number of allylic oxidation sites excluding steroid dienone is 3. The molecule has 0 fully saturated rings. The quantitative estimate of drug-likeness (QED) is 0.479. The summed E-state index contributed by atoms with van der Waals surface area (Å²) in [4.78, 5) is 0. The summed E-state index contributed by atoms with van der Waals surface area (Å²) < 4.78 is 28.5. The zero-order valence-electron chi connectivity index (χ0n) is 6.19. The van der Waals surface area contributed by atoms with Gasteiger partial charge >= 0.3 is 0 Å². The fraction of sp³-hybridized carbons (Fsp3) is 0.333. The Kier molecular flexibility index (Phi) is 3.84. The van der Waals surface area contributed by atoms with Crippen LogP contribution in [0.25, 0.3) is 0 Å². The molecule has 0 aliphatic heterocycles. The number of hydrogen-bond acceptors (Lipinski definition) is 3. The zero-order chi connectivity index (χ0) is 8.91. The number of nitrogens with two attached hydrogens (primary N) is 1. The van der Waals surface area contributed by atoms with Gasteiger partial charge in [-0.15, -0.1) is 0 Å². The van der Waals surface area contributed by atoms with Crippen LogP contribution in [0.3, 0.4) is 0 Å². The Hall–Kier alpha value is -0.810. The highest BCUT2D eigenvalue weighted by Gasteiger charge is 1.97. The third kappa shape index (κ3) is 9.19. The van der Waals surface area contributed by atoms with Crippen molar-refractivity contribution in [2.75, 3.05) is 5.75 Å². The Morgan fingerprint density at radius 2 is 2.18 bits per heavy atom. The molecule has 0 aromatic heterocycles. The van der Waals surface area contributed by atoms with Gasteiger partial charge in [-0.3, -0.25) is 4.55 Å². The van der Waals surface area contributed by atoms with Crippen molar-refractivity contribution in [2.45, 2.75) is 6.92 Å². The average molecular weight is 177 g/mol. The summed E-state index contributed by atoms with van der Waals surface area (Å²) in [6.07, 6.45) is 4.33. The van der Waals surface area contributed by atoms with Gasteiger partial charge in [0.05, 0.1) is 5.75 Å². The predicted molar refractivity (Wildman–Crippen MR) is 43.5 cm³/mol. The van der Waals surface area contributed by atoms with Crippen molar-refractivity contribution in [3.8, 4) is 0 Å². The minimum atomic E-state index is -3.88. The van der Waals surface area contributed by atoms with Crippen molar-refractivity contribution in [1.82, 2.24) is 0 Å². The van der Waals surface area contributed by atoms with E-state index in [0.717, 1.165) is 0 Å². The van der Waals surface area contributed by atoms with Gasteiger partial charge in [-0.05, 0) is 13.0 Å². The molecule has 0 aromatic rings. The van der Waals surface area contributed by atoms with E-state index in [4.69, 9.17) is 10.3 Å². The molecule has 0 saturated carbocycles. The van der Waals surface area contributed by atoms with Gasteiger partial charge in [0.15, 0.2) is 0 Å². The zero-order valence-corrected chi connectivity index (χ0v) is 7.00. The van der Waals surface area contributed by atoms with Crippen LogP contribution in [-0.4, -0.2) is 18.7 Å². The van der Waals surface area contributed by atoms with E-state index in [2.05, 4.69) is 0 Å². The highest BCUT2D eigenvalue weighted by molar-refractivity contribution is 7.85. The molecule has 0 aromatic carbocycles. The van der Waals surface area contributed by atoms with E-state index >= 15 is 0 Å². The molecule has 0 unspecified atom stereocenters. The van der Waals surface area contributed by atoms with Crippen LogP contribution in [0.1, 0.15) is 6.92 Å². The molecule has 0 atom stereocenters. The van der Waals surface area contributed by atoms with Crippen LogP contribution in [0, 0.1) is 0 Å². The molecular weight excluding hydrogens is 166 g/mol. The second kappa shape index (κ2) is 4.15. The first-order valence-electron chi connectivity index (χ1n) is 2.96. The Balaban J connectivity index is 3.91. The third-order valence-electron chi connectivity index (χ3n) is 0.802. The average Bonchev–Trinajstić information content (AvgIpc) is 1.78. The minimum Gasteiger partial charge on any atom is -0.402 e. The van der Waals surface area contributed by atoms with Crippen molar-refractivity contribution in [1.29, 1.82) is 0 Å². The summed E-state index contributed by atoms with van der Waals surface area (Å²) in [5.41, 5.74) is 5.82. The summed E-state index contributed by atoms with van der Waals surface area (Å²) in [7, 11) is -3.88. The Morgan fingerprint density at radius 1 is 1.64 bits per heavy atom. The molecule has 64 valence electrons. The van der Waals surface area contributed by atoms with Crippen molar-refractivity contribution >= 4 is 10.1 Å². The normalized spacial score (nSPS) is 14.2. The molecular formula is C6H11NO3S. The third-order valence-corrected chi connectivity index (χ3v) is 1.42. The minimum absolute atomic E-state index is 0.378. The monoisotopic (exact) mass is 177 g/mol. The fourth-order valence-electron chi connectivity index (χ4n) is 0.397. The molecule has 11 heavy (non-hydrogen) atoms. The Bertz CT molecular complexity index is 260. The van der Waals surface area contributed by atoms with Crippen LogP contribution in [0.15, 0.2) is 23.9 Å². The second-order valence-electron chi connectivity index (χ2n) is 2.09. The summed E-state index contributed by atoms with van der Waals surface area (Å²) in [6, 6.07) is 0. The highest BCUT2D eigenvalue weighted by atomic mass is 32.2. The molecule has 0 amide bonds. The van der Waals surface area contributed by atoms with Gasteiger partial charge in [0.25, 0.3) is 10.1 Å². The standard InChI is InChI=1S/C6H11NO3S/c1-6(7)4-2-3-5-11(8,9)10/h2-4H,5,7H2,1H3,(H,8,9,10)/b3-2-,6-4+. The van der Waals surface area contributed by atoms with Crippen LogP contribution < -0.4 is 5.73 Å². The van der Waals surface area contributed by atoms with Gasteiger partial charge in [-0.1, -0.05) is 12.2 Å². The first-order chi connectivity index (χ1) is 4.92. The van der Waals surface area contributed by atoms with Crippen molar-refractivity contribution < 1.29 is 13.0 Å². The summed E-state index contributed by atoms with van der Waals surface area (Å²) in [6.45, 7) is 1.68. The molecule has 0 aliphatic carbocycles. The summed E-state index contributed by atoms with van der Waals surface area (Å²) >= 11 is 0. The lowest BCUT2D eigenvalue weighted by molar-refractivity contribution is 0.487. The van der Waals surface area contributed by atoms with Crippen LogP contribution >= 0.6 is 0 Å². The van der Waals surface area contributed by atoms with E-state index in [1.807, 2.05) is 0 Å². The molecule has 0 spiro atoms. The van der Waals surface area contributed by atoms with Gasteiger partial charge in [-0.2, -0.15) is 8.42 Å². The van der Waals surface area contributed by atoms with E-state index in [9.17, 15) is 8.42 Å². The Morgan fingerprint density at radius 3 is 2.55 bits per heavy atom. The maximum atomic E-state index is 10.1. The Labute approximate surface area is 66.2 Å². The van der Waals surface area contributed by atoms with Crippen LogP contribution in [-0.2, 0) is 10.1 Å². The predicted octanol–water partition coefficient (Wildman–Crippen LogP) is 0.293. The maximum Gasteiger partial charge on any atom is 0.268 e. The van der Waals surface area contributed by atoms with Gasteiger partial charge in [0, 0.05) is 5.70 Å². The molecule has 0 heterocycles. The lowest BCUT2D eigenvalue weighted by Crippen LogP contribution is -2.00. The lowest BCUT2D eigenvalue weighted by Gasteiger charge is -1.86. The smallest absolute Gasteiger partial charge is 0.268 e. The van der Waals surface area contributed by atoms with Crippen LogP contribution in [0.2, 0.25) is 0 Å². The maximum absolute atomic E-state index is 10.1. The summed E-state index contributed by atoms with van der Waals surface area (Å²) in [5, 5.41) is 0. The van der Waals surface area contributed by atoms with Crippen LogP contribution in [0.4, 0.5) is 0 Å². The molecule has 0 saturated heterocycles. The molecule has 0 aliphatic rings. The van der Waals surface area contributed by atoms with Gasteiger partial charge < -0.3 is 5.73 Å². The van der Waals surface area contributed by atoms with Crippen molar-refractivity contribution in [2.24, 2.45) is 5.73 Å². The highest BCUT2D eigenvalue weighted by Crippen LogP contribution is 1.86. The van der Waals surface area contributed by atoms with Gasteiger partial charge in [0.1, 0.15) is 0 Å². The first kappa shape index (κ1) is 10.2. The van der Waals surface area contributed by atoms with E-state index in [1.165, 1.54) is 12.2 Å². The topological polar surface area (TPSA) is 80.4 Å². The van der Waals surface area contributed by atoms with Crippen molar-refractivity contribution in [3.63, 3.8) is 0 Å². The second-order valence-corrected chi connectivity index (χ2v) is 3.58. The SMILES string of the molecule is C/C(N)=C\C=C/CS(=O)(=O)O. The molecule has 3 N–H and O–H groups in total. The van der Waals surface area contributed by atoms with E-state index in [0.29, 0.717) is 5.70 Å². The number of hydrogen-bond donors (Lipinski definition) is 2. The molecule has 4 nitrogen and oxygen atoms in total. The fourth-order valence-corrected chi connectivity index (χ4v) is 0.751. The molecule has 0 rings (SSSR count). The molecule has 5 heteroatoms. The first-order valence-corrected chi connectivity index (χ1v) is 4.57. The molecule has 0 bridgehead atoms. The van der Waals surface area contributed by atoms with E-state index < -0.39 is 10.1 Å². The van der Waals surface area contributed by atoms with E-state index in [1.54, 1.807) is 13.0 Å². The van der Waals surface area contributed by atoms with Gasteiger partial charge in [-0.25, -0.2) is 0 Å². The molecule has 0 radical (unpaired) electrons. The van der Waals surface area contributed by atoms with E-state index in [-0.39, 0.29) is 5.75 Å². The van der Waals surface area contributed by atoms with Crippen molar-refractivity contribution in [3.05, 3.63) is 23.9 Å². The summed E-state index contributed by atoms with van der Waals surface area (Å²) in [5.74, 6) is -0.378. The lowest BCUT2D eigenvalue weighted by atomic mass is 10.4. The van der Waals surface area contributed by atoms with Crippen LogP contribution in [0.5, 0.6) is 0 Å². The number of rotatable bonds is 3.